The fourth-order valence-corrected chi connectivity index (χ4v) is 1.32. The van der Waals surface area contributed by atoms with Gasteiger partial charge in [0.2, 0.25) is 5.91 Å². The number of carbonyl (C=O) groups is 2. The summed E-state index contributed by atoms with van der Waals surface area (Å²) in [5.74, 6) is -0.258. The molecule has 2 N–H and O–H groups in total. The van der Waals surface area contributed by atoms with E-state index in [0.717, 1.165) is 12.8 Å². The molecule has 0 spiro atoms. The van der Waals surface area contributed by atoms with Gasteiger partial charge in [-0.3, -0.25) is 9.59 Å². The molecule has 4 heteroatoms. The van der Waals surface area contributed by atoms with Gasteiger partial charge >= 0.3 is 5.97 Å². The predicted octanol–water partition coefficient (Wildman–Crippen LogP) is 2.04. The van der Waals surface area contributed by atoms with Crippen LogP contribution in [0.3, 0.4) is 0 Å². The Morgan fingerprint density at radius 2 is 1.88 bits per heavy atom. The molecular formula is C12H23NO3. The molecule has 4 nitrogen and oxygen atoms in total. The van der Waals surface area contributed by atoms with Crippen molar-refractivity contribution < 1.29 is 14.7 Å². The topological polar surface area (TPSA) is 66.4 Å². The Morgan fingerprint density at radius 1 is 1.25 bits per heavy atom. The number of hydrogen-bond donors (Lipinski definition) is 2. The molecule has 0 bridgehead atoms. The van der Waals surface area contributed by atoms with Crippen molar-refractivity contribution in [2.24, 2.45) is 11.8 Å². The van der Waals surface area contributed by atoms with Crippen molar-refractivity contribution in [1.82, 2.24) is 5.32 Å². The van der Waals surface area contributed by atoms with E-state index >= 15 is 0 Å². The Balaban J connectivity index is 3.57. The van der Waals surface area contributed by atoms with Crippen LogP contribution in [0.4, 0.5) is 0 Å². The lowest BCUT2D eigenvalue weighted by atomic mass is 10.0. The molecule has 0 saturated carbocycles. The summed E-state index contributed by atoms with van der Waals surface area (Å²) in [5.41, 5.74) is 0. The van der Waals surface area contributed by atoms with Crippen molar-refractivity contribution in [3.05, 3.63) is 0 Å². The number of amides is 1. The summed E-state index contributed by atoms with van der Waals surface area (Å²) in [4.78, 5) is 21.8. The summed E-state index contributed by atoms with van der Waals surface area (Å²) < 4.78 is 0. The van der Waals surface area contributed by atoms with Gasteiger partial charge in [-0.05, 0) is 25.2 Å². The van der Waals surface area contributed by atoms with Crippen molar-refractivity contribution in [2.75, 3.05) is 6.54 Å². The first-order valence-corrected chi connectivity index (χ1v) is 5.96. The van der Waals surface area contributed by atoms with E-state index < -0.39 is 5.97 Å². The molecule has 0 aromatic rings. The van der Waals surface area contributed by atoms with E-state index in [0.29, 0.717) is 18.9 Å². The molecule has 1 amide bonds. The van der Waals surface area contributed by atoms with Gasteiger partial charge in [0, 0.05) is 18.9 Å². The minimum Gasteiger partial charge on any atom is -0.481 e. The Labute approximate surface area is 97.4 Å². The zero-order valence-electron chi connectivity index (χ0n) is 10.5. The van der Waals surface area contributed by atoms with Crippen LogP contribution in [0.25, 0.3) is 0 Å². The minimum atomic E-state index is -0.754. The molecule has 0 aliphatic rings. The molecule has 0 radical (unpaired) electrons. The van der Waals surface area contributed by atoms with Gasteiger partial charge in [-0.25, -0.2) is 0 Å². The zero-order valence-corrected chi connectivity index (χ0v) is 10.5. The highest BCUT2D eigenvalue weighted by Gasteiger charge is 2.10. The number of aliphatic carboxylic acids is 1. The van der Waals surface area contributed by atoms with E-state index in [1.54, 1.807) is 0 Å². The fraction of sp³-hybridized carbons (Fsp3) is 0.833. The lowest BCUT2D eigenvalue weighted by Gasteiger charge is -2.13. The first-order valence-electron chi connectivity index (χ1n) is 5.96. The van der Waals surface area contributed by atoms with Gasteiger partial charge < -0.3 is 10.4 Å². The third-order valence-electron chi connectivity index (χ3n) is 2.85. The van der Waals surface area contributed by atoms with Gasteiger partial charge in [0.05, 0.1) is 0 Å². The van der Waals surface area contributed by atoms with Crippen LogP contribution in [0, 0.1) is 11.8 Å². The van der Waals surface area contributed by atoms with E-state index in [-0.39, 0.29) is 18.2 Å². The number of hydrogen-bond acceptors (Lipinski definition) is 2. The summed E-state index contributed by atoms with van der Waals surface area (Å²) >= 11 is 0. The molecule has 0 saturated heterocycles. The summed E-state index contributed by atoms with van der Waals surface area (Å²) in [6.45, 7) is 6.55. The molecule has 0 heterocycles. The second kappa shape index (κ2) is 8.13. The number of carboxylic acid groups (broad SMARTS) is 1. The molecule has 0 aromatic carbocycles. The Bertz CT molecular complexity index is 228. The summed E-state index contributed by atoms with van der Waals surface area (Å²) in [6, 6.07) is 0. The second-order valence-electron chi connectivity index (χ2n) is 4.43. The van der Waals surface area contributed by atoms with E-state index in [1.165, 1.54) is 0 Å². The standard InChI is InChI=1S/C12H23NO3/c1-4-10(3)12(16)13-8-7-9(2)5-6-11(14)15/h9-10H,4-8H2,1-3H3,(H,13,16)(H,14,15). The maximum atomic E-state index is 11.4. The number of nitrogens with one attached hydrogen (secondary N) is 1. The van der Waals surface area contributed by atoms with E-state index in [9.17, 15) is 9.59 Å². The first-order chi connectivity index (χ1) is 7.47. The molecule has 0 rings (SSSR count). The number of rotatable bonds is 8. The molecule has 0 aliphatic carbocycles. The van der Waals surface area contributed by atoms with Crippen LogP contribution >= 0.6 is 0 Å². The minimum absolute atomic E-state index is 0.0642. The summed E-state index contributed by atoms with van der Waals surface area (Å²) in [7, 11) is 0. The van der Waals surface area contributed by atoms with Gasteiger partial charge in [0.25, 0.3) is 0 Å². The summed E-state index contributed by atoms with van der Waals surface area (Å²) in [6.07, 6.45) is 2.57. The Hall–Kier alpha value is -1.06. The zero-order chi connectivity index (χ0) is 12.6. The quantitative estimate of drug-likeness (QED) is 0.669. The fourth-order valence-electron chi connectivity index (χ4n) is 1.32. The largest absolute Gasteiger partial charge is 0.481 e. The van der Waals surface area contributed by atoms with Gasteiger partial charge in [0.15, 0.2) is 0 Å². The highest BCUT2D eigenvalue weighted by Crippen LogP contribution is 2.09. The van der Waals surface area contributed by atoms with Crippen molar-refractivity contribution >= 4 is 11.9 Å². The van der Waals surface area contributed by atoms with Crippen LogP contribution < -0.4 is 5.32 Å². The highest BCUT2D eigenvalue weighted by atomic mass is 16.4. The van der Waals surface area contributed by atoms with Gasteiger partial charge in [-0.1, -0.05) is 20.8 Å². The van der Waals surface area contributed by atoms with Crippen molar-refractivity contribution in [3.8, 4) is 0 Å². The van der Waals surface area contributed by atoms with Gasteiger partial charge in [-0.15, -0.1) is 0 Å². The van der Waals surface area contributed by atoms with Crippen LogP contribution in [-0.2, 0) is 9.59 Å². The monoisotopic (exact) mass is 229 g/mol. The highest BCUT2D eigenvalue weighted by molar-refractivity contribution is 5.78. The van der Waals surface area contributed by atoms with Crippen molar-refractivity contribution in [1.29, 1.82) is 0 Å². The van der Waals surface area contributed by atoms with Gasteiger partial charge in [-0.2, -0.15) is 0 Å². The van der Waals surface area contributed by atoms with Crippen LogP contribution in [0.15, 0.2) is 0 Å². The maximum absolute atomic E-state index is 11.4. The van der Waals surface area contributed by atoms with Crippen molar-refractivity contribution in [3.63, 3.8) is 0 Å². The SMILES string of the molecule is CCC(C)C(=O)NCCC(C)CCC(=O)O. The normalized spacial score (nSPS) is 14.2. The molecule has 0 aliphatic heterocycles. The van der Waals surface area contributed by atoms with Crippen LogP contribution in [0.5, 0.6) is 0 Å². The Morgan fingerprint density at radius 3 is 2.38 bits per heavy atom. The molecule has 0 aromatic heterocycles. The number of carbonyl (C=O) groups excluding carboxylic acids is 1. The third-order valence-corrected chi connectivity index (χ3v) is 2.85. The molecule has 2 unspecified atom stereocenters. The first kappa shape index (κ1) is 14.9. The number of carboxylic acids is 1. The van der Waals surface area contributed by atoms with Crippen LogP contribution in [0.1, 0.15) is 46.5 Å². The maximum Gasteiger partial charge on any atom is 0.303 e. The molecule has 2 atom stereocenters. The third kappa shape index (κ3) is 7.26. The average Bonchev–Trinajstić information content (AvgIpc) is 2.24. The molecule has 94 valence electrons. The van der Waals surface area contributed by atoms with Crippen molar-refractivity contribution in [2.45, 2.75) is 46.5 Å². The smallest absolute Gasteiger partial charge is 0.303 e. The molecule has 16 heavy (non-hydrogen) atoms. The van der Waals surface area contributed by atoms with E-state index in [1.807, 2.05) is 20.8 Å². The lowest BCUT2D eigenvalue weighted by Crippen LogP contribution is -2.30. The van der Waals surface area contributed by atoms with Crippen LogP contribution in [0.2, 0.25) is 0 Å². The van der Waals surface area contributed by atoms with E-state index in [2.05, 4.69) is 5.32 Å². The predicted molar refractivity (Wildman–Crippen MR) is 63.1 cm³/mol. The second-order valence-corrected chi connectivity index (χ2v) is 4.43. The average molecular weight is 229 g/mol. The Kier molecular flexibility index (Phi) is 7.60. The molecular weight excluding hydrogens is 206 g/mol. The molecule has 0 fully saturated rings. The van der Waals surface area contributed by atoms with E-state index in [4.69, 9.17) is 5.11 Å². The van der Waals surface area contributed by atoms with Crippen LogP contribution in [-0.4, -0.2) is 23.5 Å². The van der Waals surface area contributed by atoms with Gasteiger partial charge in [0.1, 0.15) is 0 Å². The summed E-state index contributed by atoms with van der Waals surface area (Å²) in [5, 5.41) is 11.4. The lowest BCUT2D eigenvalue weighted by molar-refractivity contribution is -0.137.